The first-order valence-electron chi connectivity index (χ1n) is 9.01. The lowest BCUT2D eigenvalue weighted by Gasteiger charge is -2.30. The van der Waals surface area contributed by atoms with Gasteiger partial charge in [-0.05, 0) is 36.2 Å². The molecule has 2 aromatic carbocycles. The van der Waals surface area contributed by atoms with Crippen molar-refractivity contribution >= 4 is 23.4 Å². The maximum Gasteiger partial charge on any atom is 0.261 e. The van der Waals surface area contributed by atoms with Crippen LogP contribution in [-0.2, 0) is 16.1 Å². The molecule has 6 nitrogen and oxygen atoms in total. The highest BCUT2D eigenvalue weighted by Gasteiger charge is 2.28. The molecule has 0 unspecified atom stereocenters. The minimum absolute atomic E-state index is 0.221. The Balaban J connectivity index is 2.22. The van der Waals surface area contributed by atoms with Gasteiger partial charge in [0.05, 0.1) is 12.1 Å². The molecule has 0 fully saturated rings. The van der Waals surface area contributed by atoms with Gasteiger partial charge in [-0.15, -0.1) is 0 Å². The standard InChI is InChI=1S/C21H25ClN2O4/c1-4-18(21(26)23-2)24(13-15-8-7-9-16(12-15)27-3)20(25)14-28-19-11-6-5-10-17(19)22/h5-12,18H,4,13-14H2,1-3H3,(H,23,26)/t18-/m1/s1. The summed E-state index contributed by atoms with van der Waals surface area (Å²) in [6, 6.07) is 13.7. The number of ether oxygens (including phenoxy) is 2. The molecule has 0 radical (unpaired) electrons. The van der Waals surface area contributed by atoms with Crippen LogP contribution >= 0.6 is 11.6 Å². The molecule has 0 spiro atoms. The molecule has 2 rings (SSSR count). The van der Waals surface area contributed by atoms with Gasteiger partial charge in [-0.2, -0.15) is 0 Å². The van der Waals surface area contributed by atoms with Crippen LogP contribution < -0.4 is 14.8 Å². The highest BCUT2D eigenvalue weighted by atomic mass is 35.5. The fourth-order valence-electron chi connectivity index (χ4n) is 2.84. The zero-order valence-electron chi connectivity index (χ0n) is 16.3. The number of halogens is 1. The monoisotopic (exact) mass is 404 g/mol. The van der Waals surface area contributed by atoms with Gasteiger partial charge in [-0.25, -0.2) is 0 Å². The number of benzene rings is 2. The summed E-state index contributed by atoms with van der Waals surface area (Å²) in [5.41, 5.74) is 0.854. The highest BCUT2D eigenvalue weighted by Crippen LogP contribution is 2.23. The normalized spacial score (nSPS) is 11.4. The summed E-state index contributed by atoms with van der Waals surface area (Å²) in [4.78, 5) is 26.8. The van der Waals surface area contributed by atoms with E-state index < -0.39 is 6.04 Å². The molecular weight excluding hydrogens is 380 g/mol. The van der Waals surface area contributed by atoms with Crippen molar-refractivity contribution in [2.24, 2.45) is 0 Å². The lowest BCUT2D eigenvalue weighted by molar-refractivity contribution is -0.142. The topological polar surface area (TPSA) is 67.9 Å². The number of methoxy groups -OCH3 is 1. The van der Waals surface area contributed by atoms with Gasteiger partial charge in [0.1, 0.15) is 17.5 Å². The minimum Gasteiger partial charge on any atom is -0.497 e. The van der Waals surface area contributed by atoms with Crippen LogP contribution in [0.1, 0.15) is 18.9 Å². The number of likely N-dealkylation sites (N-methyl/N-ethyl adjacent to an activating group) is 1. The number of para-hydroxylation sites is 1. The molecule has 0 bridgehead atoms. The van der Waals surface area contributed by atoms with Crippen LogP contribution in [-0.4, -0.2) is 43.5 Å². The summed E-state index contributed by atoms with van der Waals surface area (Å²) in [6.07, 6.45) is 0.474. The molecule has 2 aromatic rings. The highest BCUT2D eigenvalue weighted by molar-refractivity contribution is 6.32. The number of amides is 2. The van der Waals surface area contributed by atoms with E-state index >= 15 is 0 Å². The molecule has 7 heteroatoms. The molecule has 0 heterocycles. The summed E-state index contributed by atoms with van der Waals surface area (Å²) >= 11 is 6.09. The van der Waals surface area contributed by atoms with Gasteiger partial charge < -0.3 is 19.7 Å². The SMILES string of the molecule is CC[C@H](C(=O)NC)N(Cc1cccc(OC)c1)C(=O)COc1ccccc1Cl. The Labute approximate surface area is 170 Å². The van der Waals surface area contributed by atoms with Crippen LogP contribution in [0.25, 0.3) is 0 Å². The maximum absolute atomic E-state index is 13.0. The van der Waals surface area contributed by atoms with E-state index in [2.05, 4.69) is 5.32 Å². The largest absolute Gasteiger partial charge is 0.497 e. The number of hydrogen-bond donors (Lipinski definition) is 1. The third-order valence-electron chi connectivity index (χ3n) is 4.31. The second-order valence-corrected chi connectivity index (χ2v) is 6.54. The lowest BCUT2D eigenvalue weighted by atomic mass is 10.1. The number of carbonyl (C=O) groups excluding carboxylic acids is 2. The first kappa shape index (κ1) is 21.6. The van der Waals surface area contributed by atoms with Crippen molar-refractivity contribution < 1.29 is 19.1 Å². The van der Waals surface area contributed by atoms with Crippen molar-refractivity contribution in [3.05, 3.63) is 59.1 Å². The number of hydrogen-bond acceptors (Lipinski definition) is 4. The van der Waals surface area contributed by atoms with Crippen molar-refractivity contribution in [2.45, 2.75) is 25.9 Å². The van der Waals surface area contributed by atoms with Crippen molar-refractivity contribution in [3.63, 3.8) is 0 Å². The molecule has 150 valence electrons. The molecule has 0 aliphatic carbocycles. The predicted octanol–water partition coefficient (Wildman–Crippen LogP) is 3.28. The van der Waals surface area contributed by atoms with Crippen molar-refractivity contribution in [3.8, 4) is 11.5 Å². The molecular formula is C21H25ClN2O4. The van der Waals surface area contributed by atoms with Crippen molar-refractivity contribution in [1.82, 2.24) is 10.2 Å². The van der Waals surface area contributed by atoms with Crippen LogP contribution in [0.15, 0.2) is 48.5 Å². The van der Waals surface area contributed by atoms with Crippen LogP contribution in [0.2, 0.25) is 5.02 Å². The van der Waals surface area contributed by atoms with Gasteiger partial charge in [0, 0.05) is 13.6 Å². The van der Waals surface area contributed by atoms with E-state index in [4.69, 9.17) is 21.1 Å². The number of rotatable bonds is 9. The third-order valence-corrected chi connectivity index (χ3v) is 4.62. The zero-order chi connectivity index (χ0) is 20.5. The summed E-state index contributed by atoms with van der Waals surface area (Å²) in [5, 5.41) is 3.05. The Morgan fingerprint density at radius 2 is 1.93 bits per heavy atom. The van der Waals surface area contributed by atoms with Gasteiger partial charge in [-0.1, -0.05) is 42.8 Å². The second kappa shape index (κ2) is 10.6. The van der Waals surface area contributed by atoms with Crippen LogP contribution in [0.5, 0.6) is 11.5 Å². The molecule has 1 atom stereocenters. The molecule has 0 saturated carbocycles. The van der Waals surface area contributed by atoms with Gasteiger partial charge in [0.2, 0.25) is 5.91 Å². The van der Waals surface area contributed by atoms with Crippen LogP contribution in [0, 0.1) is 0 Å². The molecule has 0 aliphatic heterocycles. The Hall–Kier alpha value is -2.73. The first-order valence-corrected chi connectivity index (χ1v) is 9.39. The Morgan fingerprint density at radius 1 is 1.18 bits per heavy atom. The molecule has 1 N–H and O–H groups in total. The smallest absolute Gasteiger partial charge is 0.261 e. The molecule has 28 heavy (non-hydrogen) atoms. The molecule has 0 aromatic heterocycles. The first-order chi connectivity index (χ1) is 13.5. The molecule has 0 aliphatic rings. The van der Waals surface area contributed by atoms with E-state index in [0.29, 0.717) is 22.9 Å². The Kier molecular flexibility index (Phi) is 8.14. The van der Waals surface area contributed by atoms with E-state index in [9.17, 15) is 9.59 Å². The zero-order valence-corrected chi connectivity index (χ0v) is 17.0. The number of nitrogens with one attached hydrogen (secondary N) is 1. The number of nitrogens with zero attached hydrogens (tertiary/aromatic N) is 1. The fourth-order valence-corrected chi connectivity index (χ4v) is 3.03. The van der Waals surface area contributed by atoms with Crippen LogP contribution in [0.3, 0.4) is 0 Å². The van der Waals surface area contributed by atoms with Gasteiger partial charge >= 0.3 is 0 Å². The third kappa shape index (κ3) is 5.63. The van der Waals surface area contributed by atoms with Gasteiger partial charge in [-0.3, -0.25) is 9.59 Å². The van der Waals surface area contributed by atoms with E-state index in [1.807, 2.05) is 31.2 Å². The summed E-state index contributed by atoms with van der Waals surface area (Å²) < 4.78 is 10.8. The predicted molar refractivity (Wildman–Crippen MR) is 109 cm³/mol. The Bertz CT molecular complexity index is 812. The molecule has 0 saturated heterocycles. The van der Waals surface area contributed by atoms with E-state index in [0.717, 1.165) is 5.56 Å². The molecule has 2 amide bonds. The summed E-state index contributed by atoms with van der Waals surface area (Å²) in [7, 11) is 3.14. The number of carbonyl (C=O) groups is 2. The summed E-state index contributed by atoms with van der Waals surface area (Å²) in [5.74, 6) is 0.576. The maximum atomic E-state index is 13.0. The summed E-state index contributed by atoms with van der Waals surface area (Å²) in [6.45, 7) is 1.90. The average molecular weight is 405 g/mol. The lowest BCUT2D eigenvalue weighted by Crippen LogP contribution is -2.49. The van der Waals surface area contributed by atoms with Crippen LogP contribution in [0.4, 0.5) is 0 Å². The minimum atomic E-state index is -0.612. The average Bonchev–Trinajstić information content (AvgIpc) is 2.72. The van der Waals surface area contributed by atoms with E-state index in [1.54, 1.807) is 38.4 Å². The van der Waals surface area contributed by atoms with Crippen molar-refractivity contribution in [2.75, 3.05) is 20.8 Å². The van der Waals surface area contributed by atoms with E-state index in [1.165, 1.54) is 4.90 Å². The van der Waals surface area contributed by atoms with E-state index in [-0.39, 0.29) is 25.0 Å². The van der Waals surface area contributed by atoms with Crippen molar-refractivity contribution in [1.29, 1.82) is 0 Å². The fraction of sp³-hybridized carbons (Fsp3) is 0.333. The second-order valence-electron chi connectivity index (χ2n) is 6.13. The Morgan fingerprint density at radius 3 is 2.57 bits per heavy atom. The van der Waals surface area contributed by atoms with Gasteiger partial charge in [0.15, 0.2) is 6.61 Å². The van der Waals surface area contributed by atoms with Gasteiger partial charge in [0.25, 0.3) is 5.91 Å². The quantitative estimate of drug-likeness (QED) is 0.696.